The summed E-state index contributed by atoms with van der Waals surface area (Å²) < 4.78 is 0. The summed E-state index contributed by atoms with van der Waals surface area (Å²) in [6.45, 7) is 22.9. The second-order valence-corrected chi connectivity index (χ2v) is 13.7. The first kappa shape index (κ1) is 24.5. The highest BCUT2D eigenvalue weighted by Gasteiger charge is 2.67. The lowest BCUT2D eigenvalue weighted by Gasteiger charge is -2.67. The van der Waals surface area contributed by atoms with Gasteiger partial charge in [-0.25, -0.2) is 0 Å². The molecule has 4 fully saturated rings. The number of aliphatic hydroxyl groups is 2. The summed E-state index contributed by atoms with van der Waals surface area (Å²) in [5, 5.41) is 21.1. The maximum Gasteiger partial charge on any atom is 0.0747 e. The predicted molar refractivity (Wildman–Crippen MR) is 134 cm³/mol. The molecular formula is C30H50O2. The van der Waals surface area contributed by atoms with Gasteiger partial charge in [0, 0.05) is 0 Å². The van der Waals surface area contributed by atoms with E-state index in [9.17, 15) is 10.2 Å². The van der Waals surface area contributed by atoms with Crippen molar-refractivity contribution in [3.8, 4) is 0 Å². The molecule has 0 radical (unpaired) electrons. The summed E-state index contributed by atoms with van der Waals surface area (Å²) in [7, 11) is 0. The first-order chi connectivity index (χ1) is 14.8. The van der Waals surface area contributed by atoms with Gasteiger partial charge in [0.05, 0.1) is 12.2 Å². The molecule has 0 aromatic carbocycles. The zero-order valence-electron chi connectivity index (χ0n) is 21.8. The first-order valence-corrected chi connectivity index (χ1v) is 13.5. The number of fused-ring (bicyclic) bond motifs is 5. The number of hydrogen-bond donors (Lipinski definition) is 2. The third kappa shape index (κ3) is 3.33. The van der Waals surface area contributed by atoms with Gasteiger partial charge in [-0.2, -0.15) is 0 Å². The van der Waals surface area contributed by atoms with E-state index in [4.69, 9.17) is 0 Å². The Hall–Kier alpha value is -0.600. The van der Waals surface area contributed by atoms with Crippen molar-refractivity contribution in [1.82, 2.24) is 0 Å². The molecule has 2 N–H and O–H groups in total. The third-order valence-electron chi connectivity index (χ3n) is 12.2. The lowest BCUT2D eigenvalue weighted by Crippen LogP contribution is -2.61. The van der Waals surface area contributed by atoms with Gasteiger partial charge in [0.25, 0.3) is 0 Å². The van der Waals surface area contributed by atoms with E-state index in [1.54, 1.807) is 0 Å². The van der Waals surface area contributed by atoms with Crippen molar-refractivity contribution in [1.29, 1.82) is 0 Å². The van der Waals surface area contributed by atoms with E-state index in [0.29, 0.717) is 28.1 Å². The van der Waals surface area contributed by atoms with Gasteiger partial charge in [-0.05, 0) is 116 Å². The predicted octanol–water partition coefficient (Wildman–Crippen LogP) is 7.31. The normalized spacial score (nSPS) is 48.3. The van der Waals surface area contributed by atoms with E-state index in [2.05, 4.69) is 47.8 Å². The summed E-state index contributed by atoms with van der Waals surface area (Å²) >= 11 is 0. The minimum atomic E-state index is -0.400. The standard InChI is InChI=1S/C30H50O2/c1-19(2)24(31)11-9-20(3)21-13-17-30(8)23-10-12-25-27(4,5)26(32)15-16-28(25,6)22(23)14-18-29(21,30)7/h21-26,31-32H,1,3,9-18H2,2,4-8H3. The fourth-order valence-corrected chi connectivity index (χ4v) is 9.89. The first-order valence-electron chi connectivity index (χ1n) is 13.5. The Kier molecular flexibility index (Phi) is 6.11. The van der Waals surface area contributed by atoms with Crippen molar-refractivity contribution in [2.24, 2.45) is 45.3 Å². The molecule has 182 valence electrons. The molecule has 0 bridgehead atoms. The highest BCUT2D eigenvalue weighted by Crippen LogP contribution is 2.74. The Labute approximate surface area is 198 Å². The third-order valence-corrected chi connectivity index (χ3v) is 12.2. The van der Waals surface area contributed by atoms with Crippen LogP contribution in [-0.2, 0) is 0 Å². The molecule has 0 amide bonds. The second kappa shape index (κ2) is 7.98. The van der Waals surface area contributed by atoms with Gasteiger partial charge in [0.1, 0.15) is 0 Å². The summed E-state index contributed by atoms with van der Waals surface area (Å²) in [6, 6.07) is 0. The Bertz CT molecular complexity index is 767. The second-order valence-electron chi connectivity index (χ2n) is 13.7. The molecule has 0 aliphatic heterocycles. The fourth-order valence-electron chi connectivity index (χ4n) is 9.89. The van der Waals surface area contributed by atoms with Crippen LogP contribution in [0.5, 0.6) is 0 Å². The highest BCUT2D eigenvalue weighted by molar-refractivity contribution is 5.21. The van der Waals surface area contributed by atoms with Crippen molar-refractivity contribution in [3.05, 3.63) is 24.3 Å². The number of allylic oxidation sites excluding steroid dienone is 1. The molecule has 32 heavy (non-hydrogen) atoms. The summed E-state index contributed by atoms with van der Waals surface area (Å²) in [5.74, 6) is 2.82. The van der Waals surface area contributed by atoms with Gasteiger partial charge < -0.3 is 10.2 Å². The zero-order chi connectivity index (χ0) is 23.7. The van der Waals surface area contributed by atoms with E-state index >= 15 is 0 Å². The topological polar surface area (TPSA) is 40.5 Å². The Morgan fingerprint density at radius 2 is 1.53 bits per heavy atom. The highest BCUT2D eigenvalue weighted by atomic mass is 16.3. The van der Waals surface area contributed by atoms with Gasteiger partial charge in [0.2, 0.25) is 0 Å². The van der Waals surface area contributed by atoms with Crippen molar-refractivity contribution < 1.29 is 10.2 Å². The smallest absolute Gasteiger partial charge is 0.0747 e. The molecule has 4 aliphatic rings. The molecule has 4 rings (SSSR count). The van der Waals surface area contributed by atoms with E-state index in [0.717, 1.165) is 36.7 Å². The van der Waals surface area contributed by atoms with E-state index < -0.39 is 6.10 Å². The Morgan fingerprint density at radius 3 is 2.19 bits per heavy atom. The van der Waals surface area contributed by atoms with Crippen LogP contribution in [-0.4, -0.2) is 22.4 Å². The molecule has 0 aromatic rings. The molecular weight excluding hydrogens is 392 g/mol. The maximum atomic E-state index is 10.8. The molecule has 0 spiro atoms. The lowest BCUT2D eigenvalue weighted by molar-refractivity contribution is -0.197. The van der Waals surface area contributed by atoms with Gasteiger partial charge in [-0.1, -0.05) is 58.9 Å². The summed E-state index contributed by atoms with van der Waals surface area (Å²) in [4.78, 5) is 0. The van der Waals surface area contributed by atoms with Crippen LogP contribution in [0.25, 0.3) is 0 Å². The van der Waals surface area contributed by atoms with Crippen molar-refractivity contribution in [2.75, 3.05) is 0 Å². The van der Waals surface area contributed by atoms with Crippen LogP contribution in [0, 0.1) is 45.3 Å². The molecule has 2 heteroatoms. The van der Waals surface area contributed by atoms with Crippen LogP contribution in [0.2, 0.25) is 0 Å². The van der Waals surface area contributed by atoms with Gasteiger partial charge in [-0.3, -0.25) is 0 Å². The molecule has 4 aliphatic carbocycles. The van der Waals surface area contributed by atoms with Crippen LogP contribution in [0.15, 0.2) is 24.3 Å². The number of rotatable bonds is 5. The largest absolute Gasteiger partial charge is 0.393 e. The monoisotopic (exact) mass is 442 g/mol. The Balaban J connectivity index is 1.56. The SMILES string of the molecule is C=C(C)C(O)CCC(=C)C1CCC2(C)C3CCC4C(C)(C)C(O)CCC4(C)C3CCC12C. The molecule has 4 saturated carbocycles. The minimum absolute atomic E-state index is 0.0379. The van der Waals surface area contributed by atoms with Gasteiger partial charge in [-0.15, -0.1) is 0 Å². The van der Waals surface area contributed by atoms with Crippen molar-refractivity contribution >= 4 is 0 Å². The van der Waals surface area contributed by atoms with Crippen LogP contribution in [0.1, 0.15) is 106 Å². The average molecular weight is 443 g/mol. The van der Waals surface area contributed by atoms with E-state index in [-0.39, 0.29) is 11.5 Å². The molecule has 0 aromatic heterocycles. The summed E-state index contributed by atoms with van der Waals surface area (Å²) in [6.07, 6.45) is 11.2. The minimum Gasteiger partial charge on any atom is -0.393 e. The van der Waals surface area contributed by atoms with Crippen molar-refractivity contribution in [2.45, 2.75) is 118 Å². The van der Waals surface area contributed by atoms with E-state index in [1.807, 2.05) is 6.92 Å². The van der Waals surface area contributed by atoms with Crippen LogP contribution in [0.3, 0.4) is 0 Å². The quantitative estimate of drug-likeness (QED) is 0.438. The number of hydrogen-bond acceptors (Lipinski definition) is 2. The zero-order valence-corrected chi connectivity index (χ0v) is 21.8. The maximum absolute atomic E-state index is 10.8. The van der Waals surface area contributed by atoms with Gasteiger partial charge >= 0.3 is 0 Å². The molecule has 0 heterocycles. The van der Waals surface area contributed by atoms with Gasteiger partial charge in [0.15, 0.2) is 0 Å². The summed E-state index contributed by atoms with van der Waals surface area (Å²) in [5.41, 5.74) is 3.35. The molecule has 0 saturated heterocycles. The lowest BCUT2D eigenvalue weighted by atomic mass is 9.38. The average Bonchev–Trinajstić information content (AvgIpc) is 3.00. The van der Waals surface area contributed by atoms with Crippen LogP contribution in [0.4, 0.5) is 0 Å². The number of aliphatic hydroxyl groups excluding tert-OH is 2. The Morgan fingerprint density at radius 1 is 0.875 bits per heavy atom. The molecule has 9 atom stereocenters. The van der Waals surface area contributed by atoms with Crippen LogP contribution >= 0.6 is 0 Å². The fraction of sp³-hybridized carbons (Fsp3) is 0.867. The van der Waals surface area contributed by atoms with Crippen LogP contribution < -0.4 is 0 Å². The van der Waals surface area contributed by atoms with Crippen molar-refractivity contribution in [3.63, 3.8) is 0 Å². The molecule has 9 unspecified atom stereocenters. The molecule has 2 nitrogen and oxygen atoms in total. The van der Waals surface area contributed by atoms with E-state index in [1.165, 1.54) is 50.5 Å².